The number of halogens is 1. The van der Waals surface area contributed by atoms with Crippen LogP contribution in [-0.4, -0.2) is 30.9 Å². The van der Waals surface area contributed by atoms with E-state index in [2.05, 4.69) is 21.7 Å². The normalized spacial score (nSPS) is 11.1. The van der Waals surface area contributed by atoms with Gasteiger partial charge in [-0.25, -0.2) is 0 Å². The largest absolute Gasteiger partial charge is 0.348 e. The number of carbonyl (C=O) groups excluding carboxylic acids is 1. The van der Waals surface area contributed by atoms with E-state index in [-0.39, 0.29) is 5.78 Å². The molecule has 0 spiro atoms. The summed E-state index contributed by atoms with van der Waals surface area (Å²) in [5.41, 5.74) is 3.79. The molecule has 2 aromatic heterocycles. The predicted octanol–water partition coefficient (Wildman–Crippen LogP) is 4.94. The van der Waals surface area contributed by atoms with Crippen LogP contribution in [0.15, 0.2) is 35.5 Å². The van der Waals surface area contributed by atoms with E-state index in [0.29, 0.717) is 21.8 Å². The van der Waals surface area contributed by atoms with Crippen LogP contribution in [0.5, 0.6) is 0 Å². The fourth-order valence-electron chi connectivity index (χ4n) is 3.18. The second kappa shape index (κ2) is 8.31. The molecule has 2 heterocycles. The zero-order valence-corrected chi connectivity index (χ0v) is 17.6. The number of aromatic nitrogens is 4. The van der Waals surface area contributed by atoms with Crippen molar-refractivity contribution in [2.45, 2.75) is 38.9 Å². The van der Waals surface area contributed by atoms with Crippen LogP contribution in [0.25, 0.3) is 11.4 Å². The molecule has 0 aliphatic heterocycles. The van der Waals surface area contributed by atoms with Gasteiger partial charge in [0, 0.05) is 36.1 Å². The Bertz CT molecular complexity index is 977. The molecule has 0 radical (unpaired) electrons. The van der Waals surface area contributed by atoms with E-state index in [1.54, 1.807) is 0 Å². The predicted molar refractivity (Wildman–Crippen MR) is 111 cm³/mol. The van der Waals surface area contributed by atoms with Crippen molar-refractivity contribution in [2.24, 2.45) is 7.05 Å². The second-order valence-corrected chi connectivity index (χ2v) is 7.84. The number of benzene rings is 1. The van der Waals surface area contributed by atoms with Crippen molar-refractivity contribution >= 4 is 29.1 Å². The third-order valence-electron chi connectivity index (χ3n) is 4.60. The number of rotatable bonds is 7. The summed E-state index contributed by atoms with van der Waals surface area (Å²) in [6, 6.07) is 9.52. The molecule has 3 rings (SSSR count). The maximum Gasteiger partial charge on any atom is 0.191 e. The molecule has 0 unspecified atom stereocenters. The summed E-state index contributed by atoms with van der Waals surface area (Å²) in [6.45, 7) is 7.13. The van der Waals surface area contributed by atoms with Gasteiger partial charge in [0.2, 0.25) is 0 Å². The molecule has 5 nitrogen and oxygen atoms in total. The Morgan fingerprint density at radius 3 is 2.67 bits per heavy atom. The summed E-state index contributed by atoms with van der Waals surface area (Å²) < 4.78 is 4.08. The summed E-state index contributed by atoms with van der Waals surface area (Å²) in [6.07, 6.45) is 1.04. The van der Waals surface area contributed by atoms with Crippen LogP contribution in [0.3, 0.4) is 0 Å². The molecule has 1 aromatic carbocycles. The maximum absolute atomic E-state index is 12.7. The average Bonchev–Trinajstić information content (AvgIpc) is 3.15. The standard InChI is InChI=1S/C20H23ClN4OS/c1-5-10-25-13(2)11-16(14(25)3)18(26)12-27-20-23-22-19(24(20)4)15-8-6-7-9-17(15)21/h6-9,11H,5,10,12H2,1-4H3. The first-order chi connectivity index (χ1) is 12.9. The highest BCUT2D eigenvalue weighted by atomic mass is 35.5. The van der Waals surface area contributed by atoms with Crippen LogP contribution in [0.2, 0.25) is 5.02 Å². The molecular formula is C20H23ClN4OS. The molecule has 3 aromatic rings. The third kappa shape index (κ3) is 3.96. The van der Waals surface area contributed by atoms with Crippen LogP contribution in [0, 0.1) is 13.8 Å². The lowest BCUT2D eigenvalue weighted by Crippen LogP contribution is -2.07. The number of nitrogens with zero attached hydrogens (tertiary/aromatic N) is 4. The van der Waals surface area contributed by atoms with Gasteiger partial charge < -0.3 is 9.13 Å². The van der Waals surface area contributed by atoms with Crippen LogP contribution in [-0.2, 0) is 13.6 Å². The number of hydrogen-bond donors (Lipinski definition) is 0. The Kier molecular flexibility index (Phi) is 6.07. The van der Waals surface area contributed by atoms with E-state index in [0.717, 1.165) is 35.5 Å². The minimum Gasteiger partial charge on any atom is -0.348 e. The highest BCUT2D eigenvalue weighted by Gasteiger charge is 2.18. The molecule has 0 N–H and O–H groups in total. The number of thioether (sulfide) groups is 1. The summed E-state index contributed by atoms with van der Waals surface area (Å²) >= 11 is 7.66. The van der Waals surface area contributed by atoms with Crippen molar-refractivity contribution in [1.29, 1.82) is 0 Å². The maximum atomic E-state index is 12.7. The Morgan fingerprint density at radius 2 is 1.96 bits per heavy atom. The van der Waals surface area contributed by atoms with Crippen LogP contribution >= 0.6 is 23.4 Å². The van der Waals surface area contributed by atoms with Crippen molar-refractivity contribution in [3.63, 3.8) is 0 Å². The van der Waals surface area contributed by atoms with Crippen molar-refractivity contribution in [3.8, 4) is 11.4 Å². The molecule has 0 aliphatic rings. The van der Waals surface area contributed by atoms with Crippen molar-refractivity contribution in [1.82, 2.24) is 19.3 Å². The molecule has 0 bridgehead atoms. The van der Waals surface area contributed by atoms with E-state index in [1.165, 1.54) is 11.8 Å². The second-order valence-electron chi connectivity index (χ2n) is 6.49. The quantitative estimate of drug-likeness (QED) is 0.415. The van der Waals surface area contributed by atoms with Gasteiger partial charge in [0.1, 0.15) is 0 Å². The number of hydrogen-bond acceptors (Lipinski definition) is 4. The molecule has 0 amide bonds. The molecule has 0 atom stereocenters. The topological polar surface area (TPSA) is 52.7 Å². The van der Waals surface area contributed by atoms with Gasteiger partial charge in [-0.1, -0.05) is 42.4 Å². The summed E-state index contributed by atoms with van der Waals surface area (Å²) in [7, 11) is 1.89. The molecule has 0 aliphatic carbocycles. The SMILES string of the molecule is CCCn1c(C)cc(C(=O)CSc2nnc(-c3ccccc3Cl)n2C)c1C. The molecule has 27 heavy (non-hydrogen) atoms. The van der Waals surface area contributed by atoms with Crippen LogP contribution in [0.4, 0.5) is 0 Å². The highest BCUT2D eigenvalue weighted by molar-refractivity contribution is 7.99. The molecule has 142 valence electrons. The molecule has 0 saturated heterocycles. The summed E-state index contributed by atoms with van der Waals surface area (Å²) in [5.74, 6) is 1.12. The Balaban J connectivity index is 1.76. The Hall–Kier alpha value is -2.05. The first-order valence-corrected chi connectivity index (χ1v) is 10.3. The third-order valence-corrected chi connectivity index (χ3v) is 5.95. The Morgan fingerprint density at radius 1 is 1.22 bits per heavy atom. The summed E-state index contributed by atoms with van der Waals surface area (Å²) in [4.78, 5) is 12.7. The zero-order valence-electron chi connectivity index (χ0n) is 16.0. The van der Waals surface area contributed by atoms with E-state index in [1.807, 2.05) is 55.8 Å². The van der Waals surface area contributed by atoms with E-state index in [9.17, 15) is 4.79 Å². The minimum atomic E-state index is 0.109. The lowest BCUT2D eigenvalue weighted by atomic mass is 10.2. The molecular weight excluding hydrogens is 380 g/mol. The summed E-state index contributed by atoms with van der Waals surface area (Å²) in [5, 5.41) is 9.81. The number of carbonyl (C=O) groups is 1. The van der Waals surface area contributed by atoms with E-state index in [4.69, 9.17) is 11.6 Å². The van der Waals surface area contributed by atoms with Gasteiger partial charge in [0.25, 0.3) is 0 Å². The van der Waals surface area contributed by atoms with Crippen molar-refractivity contribution < 1.29 is 4.79 Å². The van der Waals surface area contributed by atoms with Gasteiger partial charge in [-0.05, 0) is 38.5 Å². The van der Waals surface area contributed by atoms with Gasteiger partial charge in [0.15, 0.2) is 16.8 Å². The monoisotopic (exact) mass is 402 g/mol. The van der Waals surface area contributed by atoms with Gasteiger partial charge in [0.05, 0.1) is 10.8 Å². The fraction of sp³-hybridized carbons (Fsp3) is 0.350. The smallest absolute Gasteiger partial charge is 0.191 e. The minimum absolute atomic E-state index is 0.109. The zero-order chi connectivity index (χ0) is 19.6. The van der Waals surface area contributed by atoms with Crippen molar-refractivity contribution in [3.05, 3.63) is 52.3 Å². The van der Waals surface area contributed by atoms with Crippen molar-refractivity contribution in [2.75, 3.05) is 5.75 Å². The number of aryl methyl sites for hydroxylation is 1. The molecule has 7 heteroatoms. The molecule has 0 saturated carbocycles. The number of Topliss-reactive ketones (excluding diaryl/α,β-unsaturated/α-hetero) is 1. The Labute approximate surface area is 168 Å². The van der Waals surface area contributed by atoms with Crippen LogP contribution < -0.4 is 0 Å². The van der Waals surface area contributed by atoms with E-state index >= 15 is 0 Å². The van der Waals surface area contributed by atoms with Gasteiger partial charge in [-0.2, -0.15) is 0 Å². The van der Waals surface area contributed by atoms with Gasteiger partial charge >= 0.3 is 0 Å². The first kappa shape index (κ1) is 19.7. The highest BCUT2D eigenvalue weighted by Crippen LogP contribution is 2.28. The fourth-order valence-corrected chi connectivity index (χ4v) is 4.19. The van der Waals surface area contributed by atoms with Gasteiger partial charge in [-0.15, -0.1) is 10.2 Å². The van der Waals surface area contributed by atoms with Gasteiger partial charge in [-0.3, -0.25) is 4.79 Å². The lowest BCUT2D eigenvalue weighted by Gasteiger charge is -2.08. The van der Waals surface area contributed by atoms with Crippen LogP contribution in [0.1, 0.15) is 35.1 Å². The average molecular weight is 403 g/mol. The lowest BCUT2D eigenvalue weighted by molar-refractivity contribution is 0.102. The number of ketones is 1. The first-order valence-electron chi connectivity index (χ1n) is 8.91. The van der Waals surface area contributed by atoms with E-state index < -0.39 is 0 Å². The molecule has 0 fully saturated rings.